The van der Waals surface area contributed by atoms with Crippen molar-refractivity contribution in [2.45, 2.75) is 18.2 Å². The van der Waals surface area contributed by atoms with E-state index in [0.717, 1.165) is 4.88 Å². The van der Waals surface area contributed by atoms with Crippen LogP contribution in [0.4, 0.5) is 0 Å². The van der Waals surface area contributed by atoms with Gasteiger partial charge in [-0.05, 0) is 11.4 Å². The Morgan fingerprint density at radius 3 is 3.15 bits per heavy atom. The maximum absolute atomic E-state index is 12.6. The van der Waals surface area contributed by atoms with Crippen molar-refractivity contribution in [3.05, 3.63) is 34.5 Å². The van der Waals surface area contributed by atoms with E-state index < -0.39 is 29.5 Å². The highest BCUT2D eigenvalue weighted by Gasteiger charge is 2.66. The fourth-order valence-electron chi connectivity index (χ4n) is 3.58. The number of thiophene rings is 1. The molecule has 1 aromatic rings. The molecule has 4 atom stereocenters. The van der Waals surface area contributed by atoms with Crippen molar-refractivity contribution in [2.75, 3.05) is 6.54 Å². The standard InChI is InChI=1S/C14H13NO4S/c16-12-11-10(13(17)18)9-3-4-14(11,19-9)7-15(12)6-8-2-1-5-20-8/h1-5,9-11H,6-7H2,(H,17,18)/t9-,10-,11+,14+/m1/s1. The van der Waals surface area contributed by atoms with Crippen LogP contribution in [0.1, 0.15) is 4.88 Å². The number of carboxylic acid groups (broad SMARTS) is 1. The van der Waals surface area contributed by atoms with Crippen LogP contribution in [-0.4, -0.2) is 40.1 Å². The monoisotopic (exact) mass is 291 g/mol. The quantitative estimate of drug-likeness (QED) is 0.847. The molecule has 3 aliphatic heterocycles. The van der Waals surface area contributed by atoms with Crippen LogP contribution in [0, 0.1) is 11.8 Å². The number of hydrogen-bond donors (Lipinski definition) is 1. The molecule has 0 unspecified atom stereocenters. The Morgan fingerprint density at radius 1 is 1.60 bits per heavy atom. The van der Waals surface area contributed by atoms with Gasteiger partial charge in [-0.2, -0.15) is 0 Å². The molecule has 1 N–H and O–H groups in total. The molecule has 0 radical (unpaired) electrons. The predicted octanol–water partition coefficient (Wildman–Crippen LogP) is 1.11. The maximum Gasteiger partial charge on any atom is 0.310 e. The Bertz CT molecular complexity index is 611. The molecular formula is C14H13NO4S. The second-order valence-corrected chi connectivity index (χ2v) is 6.54. The molecule has 20 heavy (non-hydrogen) atoms. The minimum absolute atomic E-state index is 0.0994. The van der Waals surface area contributed by atoms with Crippen LogP contribution in [0.5, 0.6) is 0 Å². The van der Waals surface area contributed by atoms with E-state index in [-0.39, 0.29) is 5.91 Å². The molecule has 104 valence electrons. The molecular weight excluding hydrogens is 278 g/mol. The highest BCUT2D eigenvalue weighted by atomic mass is 32.1. The molecule has 1 aromatic heterocycles. The molecule has 2 bridgehead atoms. The summed E-state index contributed by atoms with van der Waals surface area (Å²) in [6, 6.07) is 3.92. The van der Waals surface area contributed by atoms with Gasteiger partial charge in [0, 0.05) is 4.88 Å². The zero-order valence-electron chi connectivity index (χ0n) is 10.6. The molecule has 4 rings (SSSR count). The molecule has 0 aromatic carbocycles. The van der Waals surface area contributed by atoms with E-state index in [1.54, 1.807) is 22.3 Å². The van der Waals surface area contributed by atoms with Crippen LogP contribution in [0.2, 0.25) is 0 Å². The van der Waals surface area contributed by atoms with Crippen molar-refractivity contribution < 1.29 is 19.4 Å². The molecule has 1 amide bonds. The SMILES string of the molecule is O=C(O)[C@H]1[C@H]2C(=O)N(Cc3cccs3)C[C@@]23C=C[C@H]1O3. The van der Waals surface area contributed by atoms with E-state index in [1.165, 1.54) is 0 Å². The Kier molecular flexibility index (Phi) is 2.38. The number of carboxylic acids is 1. The first-order chi connectivity index (χ1) is 9.61. The lowest BCUT2D eigenvalue weighted by atomic mass is 9.77. The Labute approximate surface area is 119 Å². The fourth-order valence-corrected chi connectivity index (χ4v) is 4.30. The average Bonchev–Trinajstić information content (AvgIpc) is 3.12. The molecule has 4 heterocycles. The predicted molar refractivity (Wildman–Crippen MR) is 71.1 cm³/mol. The zero-order chi connectivity index (χ0) is 13.9. The minimum Gasteiger partial charge on any atom is -0.481 e. The average molecular weight is 291 g/mol. The lowest BCUT2D eigenvalue weighted by molar-refractivity contribution is -0.148. The smallest absolute Gasteiger partial charge is 0.310 e. The summed E-state index contributed by atoms with van der Waals surface area (Å²) < 4.78 is 5.83. The van der Waals surface area contributed by atoms with Gasteiger partial charge in [-0.1, -0.05) is 18.2 Å². The number of ether oxygens (including phenoxy) is 1. The van der Waals surface area contributed by atoms with Crippen LogP contribution in [0.15, 0.2) is 29.7 Å². The summed E-state index contributed by atoms with van der Waals surface area (Å²) in [4.78, 5) is 26.8. The van der Waals surface area contributed by atoms with Crippen LogP contribution >= 0.6 is 11.3 Å². The first-order valence-electron chi connectivity index (χ1n) is 6.52. The summed E-state index contributed by atoms with van der Waals surface area (Å²) in [6.45, 7) is 0.980. The van der Waals surface area contributed by atoms with Crippen molar-refractivity contribution in [1.29, 1.82) is 0 Å². The second kappa shape index (κ2) is 3.93. The van der Waals surface area contributed by atoms with Crippen molar-refractivity contribution >= 4 is 23.2 Å². The van der Waals surface area contributed by atoms with E-state index in [4.69, 9.17) is 4.74 Å². The van der Waals surface area contributed by atoms with E-state index in [9.17, 15) is 14.7 Å². The first-order valence-corrected chi connectivity index (χ1v) is 7.40. The van der Waals surface area contributed by atoms with Gasteiger partial charge in [0.25, 0.3) is 0 Å². The molecule has 2 saturated heterocycles. The van der Waals surface area contributed by atoms with E-state index in [2.05, 4.69) is 0 Å². The van der Waals surface area contributed by atoms with Gasteiger partial charge < -0.3 is 14.7 Å². The molecule has 3 aliphatic rings. The lowest BCUT2D eigenvalue weighted by Crippen LogP contribution is -2.39. The highest BCUT2D eigenvalue weighted by Crippen LogP contribution is 2.52. The number of likely N-dealkylation sites (tertiary alicyclic amines) is 1. The first kappa shape index (κ1) is 12.1. The number of hydrogen-bond acceptors (Lipinski definition) is 4. The summed E-state index contributed by atoms with van der Waals surface area (Å²) in [5, 5.41) is 11.3. The topological polar surface area (TPSA) is 66.8 Å². The van der Waals surface area contributed by atoms with Gasteiger partial charge in [-0.15, -0.1) is 11.3 Å². The summed E-state index contributed by atoms with van der Waals surface area (Å²) >= 11 is 1.59. The second-order valence-electron chi connectivity index (χ2n) is 5.51. The summed E-state index contributed by atoms with van der Waals surface area (Å²) in [5.74, 6) is -2.37. The summed E-state index contributed by atoms with van der Waals surface area (Å²) in [5.41, 5.74) is -0.720. The van der Waals surface area contributed by atoms with Crippen LogP contribution in [0.3, 0.4) is 0 Å². The summed E-state index contributed by atoms with van der Waals surface area (Å²) in [6.07, 6.45) is 3.22. The third-order valence-corrected chi connectivity index (χ3v) is 5.25. The van der Waals surface area contributed by atoms with E-state index in [0.29, 0.717) is 13.1 Å². The van der Waals surface area contributed by atoms with Gasteiger partial charge in [-0.3, -0.25) is 9.59 Å². The Hall–Kier alpha value is -1.66. The fraction of sp³-hybridized carbons (Fsp3) is 0.429. The highest BCUT2D eigenvalue weighted by molar-refractivity contribution is 7.09. The normalized spacial score (nSPS) is 37.7. The minimum atomic E-state index is -0.947. The lowest BCUT2D eigenvalue weighted by Gasteiger charge is -2.21. The van der Waals surface area contributed by atoms with Crippen molar-refractivity contribution in [2.24, 2.45) is 11.8 Å². The largest absolute Gasteiger partial charge is 0.481 e. The molecule has 0 aliphatic carbocycles. The third kappa shape index (κ3) is 1.46. The molecule has 2 fully saturated rings. The third-order valence-electron chi connectivity index (χ3n) is 4.39. The van der Waals surface area contributed by atoms with Gasteiger partial charge in [-0.25, -0.2) is 0 Å². The number of amides is 1. The van der Waals surface area contributed by atoms with Gasteiger partial charge >= 0.3 is 5.97 Å². The van der Waals surface area contributed by atoms with E-state index in [1.807, 2.05) is 23.6 Å². The van der Waals surface area contributed by atoms with Crippen LogP contribution in [0.25, 0.3) is 0 Å². The van der Waals surface area contributed by atoms with Gasteiger partial charge in [0.1, 0.15) is 11.5 Å². The van der Waals surface area contributed by atoms with Crippen molar-refractivity contribution in [3.8, 4) is 0 Å². The zero-order valence-corrected chi connectivity index (χ0v) is 11.4. The Balaban J connectivity index is 1.65. The van der Waals surface area contributed by atoms with Crippen molar-refractivity contribution in [1.82, 2.24) is 4.90 Å². The molecule has 0 saturated carbocycles. The maximum atomic E-state index is 12.6. The van der Waals surface area contributed by atoms with Gasteiger partial charge in [0.15, 0.2) is 0 Å². The Morgan fingerprint density at radius 2 is 2.45 bits per heavy atom. The number of rotatable bonds is 3. The van der Waals surface area contributed by atoms with E-state index >= 15 is 0 Å². The molecule has 6 heteroatoms. The number of carbonyl (C=O) groups is 2. The number of aliphatic carboxylic acids is 1. The molecule has 5 nitrogen and oxygen atoms in total. The van der Waals surface area contributed by atoms with Crippen LogP contribution < -0.4 is 0 Å². The summed E-state index contributed by atoms with van der Waals surface area (Å²) in [7, 11) is 0. The number of nitrogens with zero attached hydrogens (tertiary/aromatic N) is 1. The van der Waals surface area contributed by atoms with Crippen LogP contribution in [-0.2, 0) is 20.9 Å². The van der Waals surface area contributed by atoms with Gasteiger partial charge in [0.05, 0.1) is 25.1 Å². The molecule has 1 spiro atoms. The van der Waals surface area contributed by atoms with Crippen molar-refractivity contribution in [3.63, 3.8) is 0 Å². The number of carbonyl (C=O) groups excluding carboxylic acids is 1. The van der Waals surface area contributed by atoms with Gasteiger partial charge in [0.2, 0.25) is 5.91 Å². The number of fused-ring (bicyclic) bond motifs is 1.